The van der Waals surface area contributed by atoms with Crippen LogP contribution in [-0.4, -0.2) is 38.0 Å². The molecule has 0 saturated carbocycles. The number of rotatable bonds is 4. The second-order valence-electron chi connectivity index (χ2n) is 6.06. The molecule has 0 unspecified atom stereocenters. The molecule has 1 aliphatic rings. The van der Waals surface area contributed by atoms with Crippen LogP contribution < -0.4 is 5.32 Å². The molecule has 0 aliphatic carbocycles. The molecule has 124 valence electrons. The lowest BCUT2D eigenvalue weighted by atomic mass is 9.98. The normalized spacial score (nSPS) is 21.5. The molecule has 2 heterocycles. The van der Waals surface area contributed by atoms with Gasteiger partial charge in [-0.1, -0.05) is 0 Å². The van der Waals surface area contributed by atoms with Gasteiger partial charge in [-0.2, -0.15) is 0 Å². The summed E-state index contributed by atoms with van der Waals surface area (Å²) in [6, 6.07) is 2.06. The molecule has 0 aromatic carbocycles. The molecule has 1 N–H and O–H groups in total. The van der Waals surface area contributed by atoms with E-state index in [-0.39, 0.29) is 17.9 Å². The molecule has 1 aromatic rings. The summed E-state index contributed by atoms with van der Waals surface area (Å²) in [7, 11) is -3.22. The molecule has 7 heteroatoms. The second kappa shape index (κ2) is 6.68. The van der Waals surface area contributed by atoms with E-state index in [4.69, 9.17) is 0 Å². The van der Waals surface area contributed by atoms with Gasteiger partial charge in [0, 0.05) is 22.8 Å². The van der Waals surface area contributed by atoms with Crippen molar-refractivity contribution >= 4 is 27.3 Å². The number of aryl methyl sites for hydroxylation is 2. The molecule has 2 rings (SSSR count). The summed E-state index contributed by atoms with van der Waals surface area (Å²) in [6.45, 7) is 6.89. The number of amides is 1. The average Bonchev–Trinajstić information content (AvgIpc) is 2.77. The lowest BCUT2D eigenvalue weighted by Crippen LogP contribution is -2.45. The van der Waals surface area contributed by atoms with E-state index in [2.05, 4.69) is 25.2 Å². The van der Waals surface area contributed by atoms with E-state index in [9.17, 15) is 13.2 Å². The highest BCUT2D eigenvalue weighted by Crippen LogP contribution is 2.27. The number of nitrogens with zero attached hydrogens (tertiary/aromatic N) is 1. The molecule has 1 aromatic heterocycles. The zero-order valence-electron chi connectivity index (χ0n) is 13.5. The van der Waals surface area contributed by atoms with Crippen LogP contribution in [0.25, 0.3) is 0 Å². The van der Waals surface area contributed by atoms with Crippen molar-refractivity contribution in [2.75, 3.05) is 19.3 Å². The van der Waals surface area contributed by atoms with E-state index < -0.39 is 10.0 Å². The lowest BCUT2D eigenvalue weighted by Gasteiger charge is -2.30. The summed E-state index contributed by atoms with van der Waals surface area (Å²) in [6.07, 6.45) is 2.68. The van der Waals surface area contributed by atoms with E-state index in [1.165, 1.54) is 20.3 Å². The van der Waals surface area contributed by atoms with Crippen LogP contribution in [-0.2, 0) is 14.8 Å². The Labute approximate surface area is 136 Å². The topological polar surface area (TPSA) is 66.5 Å². The van der Waals surface area contributed by atoms with Crippen molar-refractivity contribution in [3.63, 3.8) is 0 Å². The zero-order valence-corrected chi connectivity index (χ0v) is 15.2. The van der Waals surface area contributed by atoms with E-state index in [1.54, 1.807) is 11.3 Å². The standard InChI is InChI=1S/C15H24N2O3S2/c1-10-8-14(12(3)21-10)11(2)16-15(18)13-6-5-7-17(9-13)22(4,19)20/h8,11,13H,5-7,9H2,1-4H3,(H,16,18)/t11-,13-/m1/s1. The molecule has 1 fully saturated rings. The number of hydrogen-bond donors (Lipinski definition) is 1. The Morgan fingerprint density at radius 3 is 2.68 bits per heavy atom. The van der Waals surface area contributed by atoms with Crippen molar-refractivity contribution in [3.8, 4) is 0 Å². The largest absolute Gasteiger partial charge is 0.349 e. The van der Waals surface area contributed by atoms with E-state index >= 15 is 0 Å². The summed E-state index contributed by atoms with van der Waals surface area (Å²) >= 11 is 1.73. The van der Waals surface area contributed by atoms with Crippen LogP contribution in [0.3, 0.4) is 0 Å². The molecule has 1 saturated heterocycles. The Morgan fingerprint density at radius 2 is 2.14 bits per heavy atom. The van der Waals surface area contributed by atoms with Crippen molar-refractivity contribution < 1.29 is 13.2 Å². The minimum Gasteiger partial charge on any atom is -0.349 e. The van der Waals surface area contributed by atoms with Crippen LogP contribution in [0.1, 0.15) is 41.1 Å². The summed E-state index contributed by atoms with van der Waals surface area (Å²) in [5, 5.41) is 3.04. The SMILES string of the molecule is Cc1cc([C@@H](C)NC(=O)[C@@H]2CCCN(S(C)(=O)=O)C2)c(C)s1. The molecular weight excluding hydrogens is 320 g/mol. The number of carbonyl (C=O) groups excluding carboxylic acids is 1. The summed E-state index contributed by atoms with van der Waals surface area (Å²) in [5.41, 5.74) is 1.15. The quantitative estimate of drug-likeness (QED) is 0.911. The van der Waals surface area contributed by atoms with Crippen LogP contribution in [0.5, 0.6) is 0 Å². The van der Waals surface area contributed by atoms with Crippen molar-refractivity contribution in [2.24, 2.45) is 5.92 Å². The van der Waals surface area contributed by atoms with Gasteiger partial charge < -0.3 is 5.32 Å². The van der Waals surface area contributed by atoms with Gasteiger partial charge in [0.25, 0.3) is 0 Å². The zero-order chi connectivity index (χ0) is 16.5. The first-order chi connectivity index (χ1) is 10.2. The van der Waals surface area contributed by atoms with Crippen LogP contribution in [0.15, 0.2) is 6.07 Å². The van der Waals surface area contributed by atoms with Gasteiger partial charge in [0.2, 0.25) is 15.9 Å². The minimum absolute atomic E-state index is 0.0499. The fourth-order valence-corrected chi connectivity index (χ4v) is 4.88. The molecule has 5 nitrogen and oxygen atoms in total. The van der Waals surface area contributed by atoms with Crippen molar-refractivity contribution in [1.82, 2.24) is 9.62 Å². The Morgan fingerprint density at radius 1 is 1.45 bits per heavy atom. The van der Waals surface area contributed by atoms with Gasteiger partial charge in [-0.25, -0.2) is 12.7 Å². The minimum atomic E-state index is -3.22. The Bertz CT molecular complexity index is 652. The van der Waals surface area contributed by atoms with Crippen LogP contribution in [0.2, 0.25) is 0 Å². The maximum absolute atomic E-state index is 12.4. The van der Waals surface area contributed by atoms with Crippen LogP contribution >= 0.6 is 11.3 Å². The fourth-order valence-electron chi connectivity index (χ4n) is 2.95. The van der Waals surface area contributed by atoms with Crippen LogP contribution in [0, 0.1) is 19.8 Å². The molecule has 1 amide bonds. The smallest absolute Gasteiger partial charge is 0.224 e. The van der Waals surface area contributed by atoms with Crippen LogP contribution in [0.4, 0.5) is 0 Å². The van der Waals surface area contributed by atoms with Gasteiger partial charge in [-0.15, -0.1) is 11.3 Å². The first-order valence-electron chi connectivity index (χ1n) is 7.51. The van der Waals surface area contributed by atoms with Crippen molar-refractivity contribution in [3.05, 3.63) is 21.4 Å². The third-order valence-corrected chi connectivity index (χ3v) is 6.38. The molecule has 0 spiro atoms. The van der Waals surface area contributed by atoms with E-state index in [0.29, 0.717) is 13.1 Å². The highest BCUT2D eigenvalue weighted by molar-refractivity contribution is 7.88. The number of piperidine rings is 1. The van der Waals surface area contributed by atoms with Crippen molar-refractivity contribution in [2.45, 2.75) is 39.7 Å². The maximum Gasteiger partial charge on any atom is 0.224 e. The van der Waals surface area contributed by atoms with E-state index in [0.717, 1.165) is 18.4 Å². The molecule has 0 bridgehead atoms. The fraction of sp³-hybridized carbons (Fsp3) is 0.667. The highest BCUT2D eigenvalue weighted by Gasteiger charge is 2.30. The number of sulfonamides is 1. The molecule has 22 heavy (non-hydrogen) atoms. The second-order valence-corrected chi connectivity index (χ2v) is 9.50. The molecule has 0 radical (unpaired) electrons. The monoisotopic (exact) mass is 344 g/mol. The molecule has 1 aliphatic heterocycles. The van der Waals surface area contributed by atoms with Gasteiger partial charge in [-0.05, 0) is 45.2 Å². The molecular formula is C15H24N2O3S2. The van der Waals surface area contributed by atoms with Crippen molar-refractivity contribution in [1.29, 1.82) is 0 Å². The summed E-state index contributed by atoms with van der Waals surface area (Å²) in [4.78, 5) is 14.9. The van der Waals surface area contributed by atoms with Gasteiger partial charge in [-0.3, -0.25) is 4.79 Å². The van der Waals surface area contributed by atoms with Gasteiger partial charge in [0.1, 0.15) is 0 Å². The summed E-state index contributed by atoms with van der Waals surface area (Å²) < 4.78 is 24.7. The first-order valence-corrected chi connectivity index (χ1v) is 10.2. The van der Waals surface area contributed by atoms with E-state index in [1.807, 2.05) is 6.92 Å². The predicted octanol–water partition coefficient (Wildman–Crippen LogP) is 2.21. The predicted molar refractivity (Wildman–Crippen MR) is 89.5 cm³/mol. The number of carbonyl (C=O) groups is 1. The number of nitrogens with one attached hydrogen (secondary N) is 1. The Hall–Kier alpha value is -0.920. The maximum atomic E-state index is 12.4. The van der Waals surface area contributed by atoms with Gasteiger partial charge in [0.05, 0.1) is 18.2 Å². The molecule has 2 atom stereocenters. The Kier molecular flexibility index (Phi) is 5.29. The average molecular weight is 345 g/mol. The summed E-state index contributed by atoms with van der Waals surface area (Å²) in [5.74, 6) is -0.310. The lowest BCUT2D eigenvalue weighted by molar-refractivity contribution is -0.126. The first kappa shape index (κ1) is 17.4. The third kappa shape index (κ3) is 4.08. The number of thiophene rings is 1. The third-order valence-electron chi connectivity index (χ3n) is 4.13. The highest BCUT2D eigenvalue weighted by atomic mass is 32.2. The Balaban J connectivity index is 2.01. The van der Waals surface area contributed by atoms with Gasteiger partial charge >= 0.3 is 0 Å². The van der Waals surface area contributed by atoms with Gasteiger partial charge in [0.15, 0.2) is 0 Å². The number of hydrogen-bond acceptors (Lipinski definition) is 4.